The topological polar surface area (TPSA) is 9.23 Å². The zero-order valence-corrected chi connectivity index (χ0v) is 16.3. The van der Waals surface area contributed by atoms with Gasteiger partial charge in [-0.3, -0.25) is 0 Å². The van der Waals surface area contributed by atoms with Gasteiger partial charge in [0.1, 0.15) is 5.75 Å². The number of allylic oxidation sites excluding steroid dienone is 2. The lowest BCUT2D eigenvalue weighted by Crippen LogP contribution is -2.24. The fraction of sp³-hybridized carbons (Fsp3) is 0.200. The highest BCUT2D eigenvalue weighted by Gasteiger charge is 2.21. The van der Waals surface area contributed by atoms with Crippen LogP contribution in [0, 0.1) is 0 Å². The number of ether oxygens (including phenoxy) is 1. The van der Waals surface area contributed by atoms with E-state index >= 15 is 0 Å². The molecule has 0 N–H and O–H groups in total. The van der Waals surface area contributed by atoms with Crippen LogP contribution in [0.3, 0.4) is 0 Å². The number of benzene rings is 3. The molecule has 5 rings (SSSR count). The van der Waals surface area contributed by atoms with E-state index in [4.69, 9.17) is 4.74 Å². The van der Waals surface area contributed by atoms with E-state index in [1.807, 2.05) is 0 Å². The Hall–Kier alpha value is -2.37. The lowest BCUT2D eigenvalue weighted by Gasteiger charge is -2.08. The first kappa shape index (κ1) is 16.8. The van der Waals surface area contributed by atoms with Crippen LogP contribution in [0.1, 0.15) is 17.5 Å². The monoisotopic (exact) mass is 370 g/mol. The third-order valence-electron chi connectivity index (χ3n) is 5.27. The van der Waals surface area contributed by atoms with Crippen molar-refractivity contribution in [2.45, 2.75) is 18.5 Å². The minimum absolute atomic E-state index is 0.810. The van der Waals surface area contributed by atoms with Gasteiger partial charge in [-0.1, -0.05) is 66.8 Å². The minimum atomic E-state index is 0.810. The molecule has 2 atom stereocenters. The lowest BCUT2D eigenvalue weighted by atomic mass is 10.00. The molecule has 0 amide bonds. The predicted molar refractivity (Wildman–Crippen MR) is 118 cm³/mol. The fourth-order valence-corrected chi connectivity index (χ4v) is 4.10. The minimum Gasteiger partial charge on any atom is -0.493 e. The molecule has 0 radical (unpaired) electrons. The van der Waals surface area contributed by atoms with E-state index in [1.165, 1.54) is 38.5 Å². The molecule has 2 aliphatic rings. The van der Waals surface area contributed by atoms with Gasteiger partial charge in [-0.2, -0.15) is 0 Å². The van der Waals surface area contributed by atoms with Crippen LogP contribution >= 0.6 is 8.58 Å². The standard InChI is InChI=1S/C25H23OP/c1-2-4-20-8-6-18(13-22(20)5-3-1)12-19-7-9-21-10-11-24(15-23(21)14-19)26-16-25-17-27-25/h1-2,4-11,13-15,25,27H,3,12,16-17H2/t25-/m1/s1. The summed E-state index contributed by atoms with van der Waals surface area (Å²) in [6.07, 6.45) is 12.2. The van der Waals surface area contributed by atoms with Gasteiger partial charge in [-0.05, 0) is 63.5 Å². The van der Waals surface area contributed by atoms with E-state index in [-0.39, 0.29) is 0 Å². The summed E-state index contributed by atoms with van der Waals surface area (Å²) in [6.45, 7) is 0.876. The van der Waals surface area contributed by atoms with Gasteiger partial charge in [0.2, 0.25) is 0 Å². The molecule has 0 bridgehead atoms. The van der Waals surface area contributed by atoms with Crippen LogP contribution in [0.25, 0.3) is 22.9 Å². The van der Waals surface area contributed by atoms with Gasteiger partial charge >= 0.3 is 0 Å². The molecule has 1 heterocycles. The Kier molecular flexibility index (Phi) is 4.56. The molecule has 0 saturated carbocycles. The molecule has 0 spiro atoms. The van der Waals surface area contributed by atoms with Gasteiger partial charge in [0.15, 0.2) is 0 Å². The van der Waals surface area contributed by atoms with Gasteiger partial charge in [0.25, 0.3) is 0 Å². The average Bonchev–Trinajstić information content (AvgIpc) is 3.53. The quantitative estimate of drug-likeness (QED) is 0.605. The van der Waals surface area contributed by atoms with Crippen molar-refractivity contribution in [3.8, 4) is 5.75 Å². The van der Waals surface area contributed by atoms with Crippen molar-refractivity contribution in [3.05, 3.63) is 88.3 Å². The maximum Gasteiger partial charge on any atom is 0.119 e. The van der Waals surface area contributed by atoms with Crippen molar-refractivity contribution in [2.75, 3.05) is 12.8 Å². The van der Waals surface area contributed by atoms with Crippen molar-refractivity contribution in [1.82, 2.24) is 0 Å². The van der Waals surface area contributed by atoms with Crippen LogP contribution in [0.4, 0.5) is 0 Å². The summed E-state index contributed by atoms with van der Waals surface area (Å²) in [5, 5.41) is 5.19. The molecular formula is C25H23OP. The Morgan fingerprint density at radius 1 is 0.889 bits per heavy atom. The average molecular weight is 370 g/mol. The van der Waals surface area contributed by atoms with Crippen LogP contribution < -0.4 is 15.2 Å². The molecule has 3 aromatic rings. The molecular weight excluding hydrogens is 347 g/mol. The molecule has 0 aromatic heterocycles. The number of fused-ring (bicyclic) bond motifs is 2. The van der Waals surface area contributed by atoms with Crippen molar-refractivity contribution in [3.63, 3.8) is 0 Å². The number of hydrogen-bond donors (Lipinski definition) is 0. The van der Waals surface area contributed by atoms with Crippen LogP contribution in [-0.2, 0) is 6.42 Å². The van der Waals surface area contributed by atoms with Crippen LogP contribution in [-0.4, -0.2) is 18.4 Å². The van der Waals surface area contributed by atoms with Gasteiger partial charge in [-0.25, -0.2) is 0 Å². The maximum absolute atomic E-state index is 5.96. The maximum atomic E-state index is 5.96. The third-order valence-corrected chi connectivity index (χ3v) is 6.42. The summed E-state index contributed by atoms with van der Waals surface area (Å²) in [5.74, 6) is 0.999. The highest BCUT2D eigenvalue weighted by molar-refractivity contribution is 7.47. The largest absolute Gasteiger partial charge is 0.493 e. The molecule has 1 fully saturated rings. The zero-order valence-electron chi connectivity index (χ0n) is 15.3. The first-order valence-electron chi connectivity index (χ1n) is 9.68. The number of rotatable bonds is 5. The molecule has 1 nitrogen and oxygen atoms in total. The summed E-state index contributed by atoms with van der Waals surface area (Å²) in [5.41, 5.74) is 3.52. The zero-order chi connectivity index (χ0) is 18.1. The Bertz CT molecular complexity index is 1140. The van der Waals surface area contributed by atoms with Crippen LogP contribution in [0.5, 0.6) is 5.75 Å². The third kappa shape index (κ3) is 3.99. The summed E-state index contributed by atoms with van der Waals surface area (Å²) in [4.78, 5) is 0. The Morgan fingerprint density at radius 2 is 1.74 bits per heavy atom. The molecule has 1 aliphatic carbocycles. The van der Waals surface area contributed by atoms with E-state index in [0.717, 1.165) is 39.4 Å². The molecule has 27 heavy (non-hydrogen) atoms. The second kappa shape index (κ2) is 7.33. The molecule has 2 heteroatoms. The normalized spacial score (nSPS) is 18.4. The van der Waals surface area contributed by atoms with Gasteiger partial charge < -0.3 is 4.74 Å². The highest BCUT2D eigenvalue weighted by atomic mass is 31.1. The van der Waals surface area contributed by atoms with Gasteiger partial charge in [0, 0.05) is 5.66 Å². The van der Waals surface area contributed by atoms with E-state index < -0.39 is 0 Å². The SMILES string of the molecule is C1=CCC=c2cc(Cc3ccc4ccc(OC[C@@H]5CP5)cc4c3)ccc2=C1. The van der Waals surface area contributed by atoms with E-state index in [1.54, 1.807) is 0 Å². The predicted octanol–water partition coefficient (Wildman–Crippen LogP) is 4.39. The van der Waals surface area contributed by atoms with Gasteiger partial charge in [0.05, 0.1) is 6.61 Å². The highest BCUT2D eigenvalue weighted by Crippen LogP contribution is 2.38. The van der Waals surface area contributed by atoms with Crippen LogP contribution in [0.2, 0.25) is 0 Å². The summed E-state index contributed by atoms with van der Waals surface area (Å²) in [6, 6.07) is 20.1. The van der Waals surface area contributed by atoms with Gasteiger partial charge in [-0.15, -0.1) is 8.58 Å². The van der Waals surface area contributed by atoms with Crippen molar-refractivity contribution in [1.29, 1.82) is 0 Å². The Morgan fingerprint density at radius 3 is 2.67 bits per heavy atom. The Balaban J connectivity index is 1.41. The molecule has 3 aromatic carbocycles. The Labute approximate surface area is 161 Å². The summed E-state index contributed by atoms with van der Waals surface area (Å²) >= 11 is 0. The molecule has 1 unspecified atom stereocenters. The molecule has 1 aliphatic heterocycles. The van der Waals surface area contributed by atoms with E-state index in [2.05, 4.69) is 78.9 Å². The molecule has 134 valence electrons. The van der Waals surface area contributed by atoms with E-state index in [0.29, 0.717) is 0 Å². The fourth-order valence-electron chi connectivity index (χ4n) is 3.62. The van der Waals surface area contributed by atoms with Crippen molar-refractivity contribution in [2.24, 2.45) is 0 Å². The van der Waals surface area contributed by atoms with E-state index in [9.17, 15) is 0 Å². The summed E-state index contributed by atoms with van der Waals surface area (Å²) in [7, 11) is 1.11. The smallest absolute Gasteiger partial charge is 0.119 e. The summed E-state index contributed by atoms with van der Waals surface area (Å²) < 4.78 is 5.96. The van der Waals surface area contributed by atoms with Crippen LogP contribution in [0.15, 0.2) is 66.7 Å². The van der Waals surface area contributed by atoms with Crippen molar-refractivity contribution < 1.29 is 4.74 Å². The second-order valence-electron chi connectivity index (χ2n) is 7.43. The second-order valence-corrected chi connectivity index (χ2v) is 9.07. The molecule has 1 saturated heterocycles. The lowest BCUT2D eigenvalue weighted by molar-refractivity contribution is 0.330. The first-order chi connectivity index (χ1) is 13.3. The number of hydrogen-bond acceptors (Lipinski definition) is 1. The first-order valence-corrected chi connectivity index (χ1v) is 11.0. The van der Waals surface area contributed by atoms with Crippen molar-refractivity contribution >= 4 is 31.5 Å².